The summed E-state index contributed by atoms with van der Waals surface area (Å²) in [4.78, 5) is 16.7. The van der Waals surface area contributed by atoms with Gasteiger partial charge in [-0.05, 0) is 48.9 Å². The van der Waals surface area contributed by atoms with Crippen molar-refractivity contribution in [2.75, 3.05) is 45.3 Å². The highest BCUT2D eigenvalue weighted by Crippen LogP contribution is 2.30. The minimum absolute atomic E-state index is 0.0193. The molecule has 3 rings (SSSR count). The molecule has 0 N–H and O–H groups in total. The summed E-state index contributed by atoms with van der Waals surface area (Å²) in [5, 5.41) is 0. The normalized spacial score (nSPS) is 14.8. The van der Waals surface area contributed by atoms with Crippen molar-refractivity contribution in [2.45, 2.75) is 6.92 Å². The number of carbonyl (C=O) groups is 1. The zero-order valence-corrected chi connectivity index (χ0v) is 16.4. The van der Waals surface area contributed by atoms with Crippen molar-refractivity contribution < 1.29 is 18.7 Å². The van der Waals surface area contributed by atoms with Crippen LogP contribution in [-0.2, 0) is 4.79 Å². The standard InChI is InChI=1S/C22H25FN2O3/c1-16(20-9-8-19(27-2)15-21(20)28-3)14-22(26)25-12-10-24(11-13-25)18-6-4-17(23)5-7-18/h4-9,14-15H,10-13H2,1-3H3/b16-14+. The lowest BCUT2D eigenvalue weighted by atomic mass is 10.1. The predicted octanol–water partition coefficient (Wildman–Crippen LogP) is 3.60. The minimum Gasteiger partial charge on any atom is -0.497 e. The van der Waals surface area contributed by atoms with Crippen molar-refractivity contribution in [1.82, 2.24) is 4.90 Å². The Labute approximate surface area is 165 Å². The van der Waals surface area contributed by atoms with E-state index < -0.39 is 0 Å². The van der Waals surface area contributed by atoms with E-state index in [1.54, 1.807) is 38.5 Å². The number of carbonyl (C=O) groups excluding carboxylic acids is 1. The van der Waals surface area contributed by atoms with Gasteiger partial charge in [-0.3, -0.25) is 4.79 Å². The maximum Gasteiger partial charge on any atom is 0.246 e. The van der Waals surface area contributed by atoms with E-state index in [1.165, 1.54) is 12.1 Å². The third-order valence-corrected chi connectivity index (χ3v) is 4.96. The molecule has 6 heteroatoms. The fourth-order valence-corrected chi connectivity index (χ4v) is 3.32. The average Bonchev–Trinajstić information content (AvgIpc) is 2.73. The number of rotatable bonds is 5. The highest BCUT2D eigenvalue weighted by atomic mass is 19.1. The predicted molar refractivity (Wildman–Crippen MR) is 108 cm³/mol. The molecule has 1 saturated heterocycles. The van der Waals surface area contributed by atoms with Crippen LogP contribution in [0, 0.1) is 5.82 Å². The van der Waals surface area contributed by atoms with E-state index in [9.17, 15) is 9.18 Å². The molecule has 2 aromatic carbocycles. The molecule has 0 atom stereocenters. The summed E-state index contributed by atoms with van der Waals surface area (Å²) in [7, 11) is 3.20. The van der Waals surface area contributed by atoms with Crippen LogP contribution < -0.4 is 14.4 Å². The van der Waals surface area contributed by atoms with Crippen LogP contribution in [0.2, 0.25) is 0 Å². The van der Waals surface area contributed by atoms with E-state index in [-0.39, 0.29) is 11.7 Å². The quantitative estimate of drug-likeness (QED) is 0.739. The van der Waals surface area contributed by atoms with Crippen LogP contribution in [-0.4, -0.2) is 51.2 Å². The van der Waals surface area contributed by atoms with Gasteiger partial charge in [0.2, 0.25) is 5.91 Å². The third-order valence-electron chi connectivity index (χ3n) is 4.96. The number of amides is 1. The van der Waals surface area contributed by atoms with Crippen molar-refractivity contribution in [3.8, 4) is 11.5 Å². The SMILES string of the molecule is COc1ccc(/C(C)=C/C(=O)N2CCN(c3ccc(F)cc3)CC2)c(OC)c1. The minimum atomic E-state index is -0.243. The fourth-order valence-electron chi connectivity index (χ4n) is 3.32. The average molecular weight is 384 g/mol. The molecule has 1 aliphatic heterocycles. The molecule has 148 valence electrons. The van der Waals surface area contributed by atoms with Crippen LogP contribution in [0.3, 0.4) is 0 Å². The number of hydrogen-bond acceptors (Lipinski definition) is 4. The van der Waals surface area contributed by atoms with E-state index in [0.717, 1.165) is 29.9 Å². The smallest absolute Gasteiger partial charge is 0.246 e. The van der Waals surface area contributed by atoms with Gasteiger partial charge >= 0.3 is 0 Å². The van der Waals surface area contributed by atoms with Gasteiger partial charge in [-0.15, -0.1) is 0 Å². The molecule has 1 heterocycles. The monoisotopic (exact) mass is 384 g/mol. The molecule has 28 heavy (non-hydrogen) atoms. The first-order valence-electron chi connectivity index (χ1n) is 9.22. The number of halogens is 1. The molecule has 0 unspecified atom stereocenters. The molecular weight excluding hydrogens is 359 g/mol. The summed E-state index contributed by atoms with van der Waals surface area (Å²) in [5.74, 6) is 1.11. The second kappa shape index (κ2) is 8.78. The number of methoxy groups -OCH3 is 2. The molecule has 1 aliphatic rings. The van der Waals surface area contributed by atoms with E-state index in [0.29, 0.717) is 24.6 Å². The number of benzene rings is 2. The number of hydrogen-bond donors (Lipinski definition) is 0. The summed E-state index contributed by atoms with van der Waals surface area (Å²) in [6.07, 6.45) is 1.65. The first kappa shape index (κ1) is 19.7. The Bertz CT molecular complexity index is 857. The van der Waals surface area contributed by atoms with E-state index >= 15 is 0 Å². The molecule has 0 saturated carbocycles. The van der Waals surface area contributed by atoms with Crippen LogP contribution in [0.25, 0.3) is 5.57 Å². The van der Waals surface area contributed by atoms with E-state index in [4.69, 9.17) is 9.47 Å². The molecule has 0 aromatic heterocycles. The number of ether oxygens (including phenoxy) is 2. The van der Waals surface area contributed by atoms with Gasteiger partial charge in [-0.2, -0.15) is 0 Å². The van der Waals surface area contributed by atoms with Crippen LogP contribution >= 0.6 is 0 Å². The van der Waals surface area contributed by atoms with Gasteiger partial charge in [0.1, 0.15) is 17.3 Å². The zero-order chi connectivity index (χ0) is 20.1. The molecular formula is C22H25FN2O3. The molecule has 0 bridgehead atoms. The van der Waals surface area contributed by atoms with Gasteiger partial charge < -0.3 is 19.3 Å². The highest BCUT2D eigenvalue weighted by Gasteiger charge is 2.20. The van der Waals surface area contributed by atoms with E-state index in [2.05, 4.69) is 4.90 Å². The largest absolute Gasteiger partial charge is 0.497 e. The molecule has 2 aromatic rings. The van der Waals surface area contributed by atoms with Gasteiger partial charge in [0.25, 0.3) is 0 Å². The highest BCUT2D eigenvalue weighted by molar-refractivity contribution is 5.95. The topological polar surface area (TPSA) is 42.0 Å². The second-order valence-corrected chi connectivity index (χ2v) is 6.68. The van der Waals surface area contributed by atoms with Gasteiger partial charge in [-0.25, -0.2) is 4.39 Å². The van der Waals surface area contributed by atoms with Crippen molar-refractivity contribution >= 4 is 17.2 Å². The third kappa shape index (κ3) is 4.44. The lowest BCUT2D eigenvalue weighted by molar-refractivity contribution is -0.126. The van der Waals surface area contributed by atoms with Gasteiger partial charge in [-0.1, -0.05) is 0 Å². The molecule has 1 fully saturated rings. The Morgan fingerprint density at radius 3 is 2.29 bits per heavy atom. The summed E-state index contributed by atoms with van der Waals surface area (Å²) in [6.45, 7) is 4.59. The molecule has 0 radical (unpaired) electrons. The molecule has 5 nitrogen and oxygen atoms in total. The Morgan fingerprint density at radius 1 is 1.00 bits per heavy atom. The van der Waals surface area contributed by atoms with Crippen LogP contribution in [0.4, 0.5) is 10.1 Å². The van der Waals surface area contributed by atoms with Crippen LogP contribution in [0.15, 0.2) is 48.5 Å². The zero-order valence-electron chi connectivity index (χ0n) is 16.4. The lowest BCUT2D eigenvalue weighted by Crippen LogP contribution is -2.48. The van der Waals surface area contributed by atoms with Gasteiger partial charge in [0, 0.05) is 49.6 Å². The fraction of sp³-hybridized carbons (Fsp3) is 0.318. The number of allylic oxidation sites excluding steroid dienone is 1. The molecule has 1 amide bonds. The molecule has 0 aliphatic carbocycles. The summed E-state index contributed by atoms with van der Waals surface area (Å²) >= 11 is 0. The summed E-state index contributed by atoms with van der Waals surface area (Å²) in [5.41, 5.74) is 2.68. The summed E-state index contributed by atoms with van der Waals surface area (Å²) in [6, 6.07) is 12.0. The Hall–Kier alpha value is -3.02. The van der Waals surface area contributed by atoms with Crippen LogP contribution in [0.5, 0.6) is 11.5 Å². The summed E-state index contributed by atoms with van der Waals surface area (Å²) < 4.78 is 23.7. The van der Waals surface area contributed by atoms with Crippen molar-refractivity contribution in [1.29, 1.82) is 0 Å². The number of anilines is 1. The van der Waals surface area contributed by atoms with Crippen molar-refractivity contribution in [3.63, 3.8) is 0 Å². The number of piperazine rings is 1. The molecule has 0 spiro atoms. The van der Waals surface area contributed by atoms with Gasteiger partial charge in [0.05, 0.1) is 14.2 Å². The van der Waals surface area contributed by atoms with Gasteiger partial charge in [0.15, 0.2) is 0 Å². The maximum absolute atomic E-state index is 13.1. The Balaban J connectivity index is 1.65. The first-order chi connectivity index (χ1) is 13.5. The van der Waals surface area contributed by atoms with E-state index in [1.807, 2.05) is 24.0 Å². The lowest BCUT2D eigenvalue weighted by Gasteiger charge is -2.35. The van der Waals surface area contributed by atoms with Crippen molar-refractivity contribution in [2.24, 2.45) is 0 Å². The first-order valence-corrected chi connectivity index (χ1v) is 9.22. The second-order valence-electron chi connectivity index (χ2n) is 6.68. The Kier molecular flexibility index (Phi) is 6.19. The Morgan fingerprint density at radius 2 is 1.68 bits per heavy atom. The van der Waals surface area contributed by atoms with Crippen molar-refractivity contribution in [3.05, 3.63) is 59.9 Å². The van der Waals surface area contributed by atoms with Crippen LogP contribution in [0.1, 0.15) is 12.5 Å². The maximum atomic E-state index is 13.1. The number of nitrogens with zero attached hydrogens (tertiary/aromatic N) is 2.